The first-order valence-corrected chi connectivity index (χ1v) is 11.9. The summed E-state index contributed by atoms with van der Waals surface area (Å²) >= 11 is -7.68. The van der Waals surface area contributed by atoms with Crippen LogP contribution in [0.2, 0.25) is 0 Å². The fourth-order valence-electron chi connectivity index (χ4n) is 1.39. The number of rotatable bonds is 4. The molecule has 2 aliphatic heterocycles. The molecule has 2 heterocycles. The first-order chi connectivity index (χ1) is 10.8. The summed E-state index contributed by atoms with van der Waals surface area (Å²) in [6.45, 7) is 0. The standard InChI is InChI=1S/3C3H4O4.2Ga/c3*4-2(5)1-3(6)7;;/h3*1H2,(H,4,5)(H,6,7);;/q;;;2*+3/p-6. The molecule has 0 bridgehead atoms. The van der Waals surface area contributed by atoms with Crippen LogP contribution in [0.3, 0.4) is 0 Å². The fraction of sp³-hybridized carbons (Fsp3) is 0.333. The normalized spacial score (nSPS) is 17.6. The summed E-state index contributed by atoms with van der Waals surface area (Å²) in [5, 5.41) is 0. The van der Waals surface area contributed by atoms with Gasteiger partial charge >= 0.3 is 140 Å². The van der Waals surface area contributed by atoms with E-state index in [1.807, 2.05) is 0 Å². The van der Waals surface area contributed by atoms with Gasteiger partial charge in [-0.2, -0.15) is 0 Å². The van der Waals surface area contributed by atoms with E-state index in [1.165, 1.54) is 0 Å². The van der Waals surface area contributed by atoms with Crippen LogP contribution in [0, 0.1) is 0 Å². The van der Waals surface area contributed by atoms with E-state index in [0.29, 0.717) is 0 Å². The second kappa shape index (κ2) is 7.58. The third-order valence-corrected chi connectivity index (χ3v) is 7.96. The van der Waals surface area contributed by atoms with Crippen LogP contribution in [0.4, 0.5) is 0 Å². The van der Waals surface area contributed by atoms with Gasteiger partial charge in [-0.15, -0.1) is 0 Å². The molecule has 0 aromatic rings. The molecular formula is C9H6Ga2O12. The van der Waals surface area contributed by atoms with Crippen molar-refractivity contribution in [3.8, 4) is 0 Å². The van der Waals surface area contributed by atoms with Gasteiger partial charge in [-0.05, 0) is 0 Å². The zero-order valence-electron chi connectivity index (χ0n) is 11.2. The monoisotopic (exact) mass is 444 g/mol. The van der Waals surface area contributed by atoms with Crippen LogP contribution in [0.5, 0.6) is 0 Å². The van der Waals surface area contributed by atoms with Crippen LogP contribution in [0.15, 0.2) is 0 Å². The van der Waals surface area contributed by atoms with Crippen molar-refractivity contribution >= 4 is 70.4 Å². The van der Waals surface area contributed by atoms with Gasteiger partial charge in [-0.1, -0.05) is 0 Å². The topological polar surface area (TPSA) is 158 Å². The maximum atomic E-state index is 11.5. The molecule has 0 amide bonds. The maximum absolute atomic E-state index is 11.5. The summed E-state index contributed by atoms with van der Waals surface area (Å²) < 4.78 is 27.5. The molecule has 0 aromatic heterocycles. The third-order valence-electron chi connectivity index (χ3n) is 2.23. The Bertz CT molecular complexity index is 503. The molecule has 2 saturated heterocycles. The quantitative estimate of drug-likeness (QED) is 0.329. The molecule has 0 N–H and O–H groups in total. The van der Waals surface area contributed by atoms with Crippen LogP contribution in [0.25, 0.3) is 0 Å². The molecule has 14 heteroatoms. The van der Waals surface area contributed by atoms with Gasteiger partial charge in [0.05, 0.1) is 0 Å². The summed E-state index contributed by atoms with van der Waals surface area (Å²) in [6, 6.07) is 0. The molecule has 0 radical (unpaired) electrons. The third kappa shape index (κ3) is 5.66. The molecule has 0 saturated carbocycles. The van der Waals surface area contributed by atoms with Crippen LogP contribution in [-0.4, -0.2) is 70.4 Å². The average molecular weight is 446 g/mol. The summed E-state index contributed by atoms with van der Waals surface area (Å²) in [5.41, 5.74) is 0. The Morgan fingerprint density at radius 1 is 0.739 bits per heavy atom. The van der Waals surface area contributed by atoms with Gasteiger partial charge in [0.1, 0.15) is 0 Å². The van der Waals surface area contributed by atoms with Gasteiger partial charge < -0.3 is 0 Å². The van der Waals surface area contributed by atoms with Gasteiger partial charge in [0.2, 0.25) is 0 Å². The van der Waals surface area contributed by atoms with Crippen molar-refractivity contribution in [3.05, 3.63) is 0 Å². The van der Waals surface area contributed by atoms with E-state index in [1.54, 1.807) is 0 Å². The molecule has 12 nitrogen and oxygen atoms in total. The summed E-state index contributed by atoms with van der Waals surface area (Å²) in [7, 11) is 0. The van der Waals surface area contributed by atoms with E-state index in [9.17, 15) is 28.8 Å². The Balaban J connectivity index is 1.77. The summed E-state index contributed by atoms with van der Waals surface area (Å²) in [5.74, 6) is -5.82. The second-order valence-corrected chi connectivity index (χ2v) is 9.44. The van der Waals surface area contributed by atoms with Crippen LogP contribution < -0.4 is 0 Å². The molecule has 0 spiro atoms. The number of carbonyl (C=O) groups is 6. The van der Waals surface area contributed by atoms with Crippen LogP contribution in [0.1, 0.15) is 19.3 Å². The molecule has 0 unspecified atom stereocenters. The number of carbonyl (C=O) groups excluding carboxylic acids is 6. The first-order valence-electron chi connectivity index (χ1n) is 5.99. The molecule has 120 valence electrons. The van der Waals surface area contributed by atoms with Crippen molar-refractivity contribution in [2.24, 2.45) is 0 Å². The van der Waals surface area contributed by atoms with Gasteiger partial charge in [0.25, 0.3) is 0 Å². The Hall–Kier alpha value is -1.91. The van der Waals surface area contributed by atoms with Crippen LogP contribution >= 0.6 is 0 Å². The second-order valence-electron chi connectivity index (χ2n) is 4.05. The summed E-state index contributed by atoms with van der Waals surface area (Å²) in [4.78, 5) is 66.8. The minimum absolute atomic E-state index is 0.576. The fourth-order valence-corrected chi connectivity index (χ4v) is 5.75. The number of hydrogen-bond acceptors (Lipinski definition) is 12. The first kappa shape index (κ1) is 17.4. The van der Waals surface area contributed by atoms with E-state index >= 15 is 0 Å². The van der Waals surface area contributed by atoms with Crippen LogP contribution in [-0.2, 0) is 49.9 Å². The zero-order chi connectivity index (χ0) is 17.0. The SMILES string of the molecule is O=C1CC(=O)[O][Ga]([O]C(=O)CC(=O)[O][Ga]2[O]C(=O)CC(=O)[O]2)[O]1. The zero-order valence-corrected chi connectivity index (χ0v) is 16.0. The van der Waals surface area contributed by atoms with Crippen molar-refractivity contribution in [1.29, 1.82) is 0 Å². The predicted octanol–water partition coefficient (Wildman–Crippen LogP) is -2.59. The molecule has 0 atom stereocenters. The van der Waals surface area contributed by atoms with Crippen molar-refractivity contribution in [2.45, 2.75) is 19.3 Å². The Kier molecular flexibility index (Phi) is 5.75. The molecular weight excluding hydrogens is 440 g/mol. The van der Waals surface area contributed by atoms with Gasteiger partial charge in [0, 0.05) is 0 Å². The molecule has 0 aromatic carbocycles. The van der Waals surface area contributed by atoms with Crippen molar-refractivity contribution in [2.75, 3.05) is 0 Å². The van der Waals surface area contributed by atoms with Gasteiger partial charge in [-0.3, -0.25) is 0 Å². The Morgan fingerprint density at radius 3 is 1.35 bits per heavy atom. The van der Waals surface area contributed by atoms with Crippen molar-refractivity contribution < 1.29 is 49.9 Å². The molecule has 2 fully saturated rings. The van der Waals surface area contributed by atoms with E-state index in [-0.39, 0.29) is 0 Å². The van der Waals surface area contributed by atoms with E-state index in [2.05, 4.69) is 21.2 Å². The van der Waals surface area contributed by atoms with E-state index < -0.39 is 89.7 Å². The van der Waals surface area contributed by atoms with Gasteiger partial charge in [0.15, 0.2) is 0 Å². The molecule has 0 aliphatic carbocycles. The number of hydrogen-bond donors (Lipinski definition) is 0. The minimum atomic E-state index is -3.84. The van der Waals surface area contributed by atoms with E-state index in [0.717, 1.165) is 0 Å². The molecule has 2 rings (SSSR count). The molecule has 2 aliphatic rings. The van der Waals surface area contributed by atoms with E-state index in [4.69, 9.17) is 0 Å². The Morgan fingerprint density at radius 2 is 1.04 bits per heavy atom. The summed E-state index contributed by atoms with van der Waals surface area (Å²) in [6.07, 6.45) is -2.08. The predicted molar refractivity (Wildman–Crippen MR) is 61.9 cm³/mol. The van der Waals surface area contributed by atoms with Crippen molar-refractivity contribution in [3.63, 3.8) is 0 Å². The van der Waals surface area contributed by atoms with Gasteiger partial charge in [-0.25, -0.2) is 0 Å². The Labute approximate surface area is 139 Å². The average Bonchev–Trinajstić information content (AvgIpc) is 2.34. The molecule has 23 heavy (non-hydrogen) atoms. The van der Waals surface area contributed by atoms with Crippen molar-refractivity contribution in [1.82, 2.24) is 0 Å².